The third kappa shape index (κ3) is 3.83. The van der Waals surface area contributed by atoms with Gasteiger partial charge in [0.2, 0.25) is 0 Å². The molecule has 10 heteroatoms. The third-order valence-electron chi connectivity index (χ3n) is 4.88. The molecular weight excluding hydrogens is 415 g/mol. The molecule has 4 rings (SSSR count). The smallest absolute Gasteiger partial charge is 0.272 e. The van der Waals surface area contributed by atoms with E-state index in [4.69, 9.17) is 0 Å². The van der Waals surface area contributed by atoms with Crippen molar-refractivity contribution in [1.82, 2.24) is 19.4 Å². The van der Waals surface area contributed by atoms with Crippen LogP contribution in [-0.4, -0.2) is 35.0 Å². The topological polar surface area (TPSA) is 84.3 Å². The van der Waals surface area contributed by atoms with Gasteiger partial charge in [0.05, 0.1) is 0 Å². The number of aryl methyl sites for hydroxylation is 1. The molecule has 0 unspecified atom stereocenters. The summed E-state index contributed by atoms with van der Waals surface area (Å²) in [7, 11) is -1.86. The first-order valence-corrected chi connectivity index (χ1v) is 11.3. The van der Waals surface area contributed by atoms with E-state index in [0.717, 1.165) is 11.3 Å². The largest absolute Gasteiger partial charge is 0.347 e. The molecule has 3 heterocycles. The number of carbonyl (C=O) groups is 1. The lowest BCUT2D eigenvalue weighted by molar-refractivity contribution is 0.0943. The van der Waals surface area contributed by atoms with Gasteiger partial charge in [-0.1, -0.05) is 18.2 Å². The van der Waals surface area contributed by atoms with Crippen LogP contribution in [0.25, 0.3) is 0 Å². The van der Waals surface area contributed by atoms with Crippen LogP contribution in [0.3, 0.4) is 0 Å². The van der Waals surface area contributed by atoms with Crippen molar-refractivity contribution < 1.29 is 17.6 Å². The van der Waals surface area contributed by atoms with Crippen LogP contribution in [0.15, 0.2) is 46.0 Å². The molecule has 1 aliphatic rings. The van der Waals surface area contributed by atoms with Crippen molar-refractivity contribution in [2.45, 2.75) is 23.7 Å². The second kappa shape index (κ2) is 7.69. The molecule has 0 saturated heterocycles. The van der Waals surface area contributed by atoms with E-state index in [1.807, 2.05) is 0 Å². The molecule has 7 nitrogen and oxygen atoms in total. The Morgan fingerprint density at radius 3 is 2.72 bits per heavy atom. The van der Waals surface area contributed by atoms with Gasteiger partial charge in [0.25, 0.3) is 15.9 Å². The molecule has 0 bridgehead atoms. The zero-order chi connectivity index (χ0) is 20.6. The SMILES string of the molecule is Cn1nc(C(=O)NCc2ccc(F)cc2)c2c1CCN(S(=O)(=O)c1cccs1)C2. The number of aromatic nitrogens is 2. The molecule has 0 aliphatic carbocycles. The van der Waals surface area contributed by atoms with Crippen molar-refractivity contribution in [2.24, 2.45) is 7.05 Å². The van der Waals surface area contributed by atoms with E-state index in [1.54, 1.807) is 41.4 Å². The summed E-state index contributed by atoms with van der Waals surface area (Å²) in [6, 6.07) is 9.13. The predicted octanol–water partition coefficient (Wildman–Crippen LogP) is 2.30. The molecule has 3 aromatic rings. The number of carbonyl (C=O) groups excluding carboxylic acids is 1. The van der Waals surface area contributed by atoms with E-state index >= 15 is 0 Å². The van der Waals surface area contributed by atoms with Crippen LogP contribution in [0.1, 0.15) is 27.3 Å². The van der Waals surface area contributed by atoms with Crippen molar-refractivity contribution in [1.29, 1.82) is 0 Å². The van der Waals surface area contributed by atoms with Crippen LogP contribution in [0.5, 0.6) is 0 Å². The van der Waals surface area contributed by atoms with Gasteiger partial charge >= 0.3 is 0 Å². The lowest BCUT2D eigenvalue weighted by Gasteiger charge is -2.26. The Kier molecular flexibility index (Phi) is 5.24. The number of halogens is 1. The van der Waals surface area contributed by atoms with Crippen LogP contribution >= 0.6 is 11.3 Å². The first-order chi connectivity index (χ1) is 13.9. The molecule has 2 aromatic heterocycles. The van der Waals surface area contributed by atoms with E-state index in [2.05, 4.69) is 10.4 Å². The van der Waals surface area contributed by atoms with Gasteiger partial charge < -0.3 is 5.32 Å². The van der Waals surface area contributed by atoms with Gasteiger partial charge in [-0.15, -0.1) is 11.3 Å². The minimum Gasteiger partial charge on any atom is -0.347 e. The highest BCUT2D eigenvalue weighted by Gasteiger charge is 2.33. The zero-order valence-corrected chi connectivity index (χ0v) is 17.3. The number of nitrogens with one attached hydrogen (secondary N) is 1. The minimum absolute atomic E-state index is 0.0999. The Bertz CT molecular complexity index is 1140. The van der Waals surface area contributed by atoms with Crippen LogP contribution in [0.2, 0.25) is 0 Å². The monoisotopic (exact) mass is 434 g/mol. The Labute approximate surface area is 171 Å². The average molecular weight is 435 g/mol. The number of thiophene rings is 1. The number of sulfonamides is 1. The molecule has 0 atom stereocenters. The van der Waals surface area contributed by atoms with Gasteiger partial charge in [0.1, 0.15) is 10.0 Å². The maximum atomic E-state index is 13.0. The number of hydrogen-bond acceptors (Lipinski definition) is 5. The van der Waals surface area contributed by atoms with E-state index in [-0.39, 0.29) is 34.7 Å². The maximum absolute atomic E-state index is 13.0. The summed E-state index contributed by atoms with van der Waals surface area (Å²) < 4.78 is 42.1. The molecule has 0 saturated carbocycles. The molecule has 0 fully saturated rings. The van der Waals surface area contributed by atoms with Gasteiger partial charge in [-0.2, -0.15) is 9.40 Å². The fourth-order valence-electron chi connectivity index (χ4n) is 3.36. The summed E-state index contributed by atoms with van der Waals surface area (Å²) in [5.74, 6) is -0.729. The number of benzene rings is 1. The van der Waals surface area contributed by atoms with E-state index in [1.165, 1.54) is 27.8 Å². The van der Waals surface area contributed by atoms with Gasteiger partial charge in [0.15, 0.2) is 5.69 Å². The normalized spacial score (nSPS) is 14.6. The van der Waals surface area contributed by atoms with Crippen LogP contribution in [0.4, 0.5) is 4.39 Å². The van der Waals surface area contributed by atoms with E-state index in [0.29, 0.717) is 18.5 Å². The second-order valence-electron chi connectivity index (χ2n) is 6.73. The number of hydrogen-bond donors (Lipinski definition) is 1. The van der Waals surface area contributed by atoms with Crippen molar-refractivity contribution in [2.75, 3.05) is 6.54 Å². The van der Waals surface area contributed by atoms with E-state index in [9.17, 15) is 17.6 Å². The summed E-state index contributed by atoms with van der Waals surface area (Å²) in [5.41, 5.74) is 2.45. The Balaban J connectivity index is 1.55. The van der Waals surface area contributed by atoms with Crippen molar-refractivity contribution in [3.05, 3.63) is 70.1 Å². The lowest BCUT2D eigenvalue weighted by atomic mass is 10.1. The molecule has 0 spiro atoms. The fraction of sp³-hybridized carbons (Fsp3) is 0.263. The molecule has 29 heavy (non-hydrogen) atoms. The highest BCUT2D eigenvalue weighted by atomic mass is 32.2. The molecule has 1 aromatic carbocycles. The van der Waals surface area contributed by atoms with Gasteiger partial charge in [0, 0.05) is 44.4 Å². The Morgan fingerprint density at radius 1 is 1.28 bits per heavy atom. The van der Waals surface area contributed by atoms with Crippen LogP contribution in [0, 0.1) is 5.82 Å². The molecular formula is C19H19FN4O3S2. The molecule has 1 N–H and O–H groups in total. The summed E-state index contributed by atoms with van der Waals surface area (Å²) in [5, 5.41) is 8.82. The lowest BCUT2D eigenvalue weighted by Crippen LogP contribution is -2.36. The van der Waals surface area contributed by atoms with E-state index < -0.39 is 10.0 Å². The minimum atomic E-state index is -3.61. The molecule has 1 amide bonds. The standard InChI is InChI=1S/C19H19FN4O3S2/c1-23-16-8-9-24(29(26,27)17-3-2-10-28-17)12-15(16)18(22-23)19(25)21-11-13-4-6-14(20)7-5-13/h2-7,10H,8-9,11-12H2,1H3,(H,21,25). The van der Waals surface area contributed by atoms with Crippen molar-refractivity contribution >= 4 is 27.3 Å². The quantitative estimate of drug-likeness (QED) is 0.668. The number of nitrogens with zero attached hydrogens (tertiary/aromatic N) is 3. The number of fused-ring (bicyclic) bond motifs is 1. The molecule has 1 aliphatic heterocycles. The zero-order valence-electron chi connectivity index (χ0n) is 15.6. The first kappa shape index (κ1) is 19.7. The predicted molar refractivity (Wildman–Crippen MR) is 106 cm³/mol. The summed E-state index contributed by atoms with van der Waals surface area (Å²) in [4.78, 5) is 12.7. The van der Waals surface area contributed by atoms with Gasteiger partial charge in [-0.3, -0.25) is 9.48 Å². The second-order valence-corrected chi connectivity index (χ2v) is 9.84. The van der Waals surface area contributed by atoms with Crippen molar-refractivity contribution in [3.63, 3.8) is 0 Å². The van der Waals surface area contributed by atoms with Gasteiger partial charge in [-0.05, 0) is 29.1 Å². The molecule has 152 valence electrons. The highest BCUT2D eigenvalue weighted by Crippen LogP contribution is 2.28. The Morgan fingerprint density at radius 2 is 2.03 bits per heavy atom. The third-order valence-corrected chi connectivity index (χ3v) is 8.10. The fourth-order valence-corrected chi connectivity index (χ4v) is 5.91. The summed E-state index contributed by atoms with van der Waals surface area (Å²) >= 11 is 1.17. The molecule has 0 radical (unpaired) electrons. The Hall–Kier alpha value is -2.56. The number of amides is 1. The highest BCUT2D eigenvalue weighted by molar-refractivity contribution is 7.91. The van der Waals surface area contributed by atoms with Gasteiger partial charge in [-0.25, -0.2) is 12.8 Å². The average Bonchev–Trinajstić information content (AvgIpc) is 3.36. The maximum Gasteiger partial charge on any atom is 0.272 e. The van der Waals surface area contributed by atoms with Crippen molar-refractivity contribution in [3.8, 4) is 0 Å². The summed E-state index contributed by atoms with van der Waals surface area (Å²) in [6.45, 7) is 0.660. The van der Waals surface area contributed by atoms with Crippen LogP contribution in [-0.2, 0) is 36.6 Å². The summed E-state index contributed by atoms with van der Waals surface area (Å²) in [6.07, 6.45) is 0.481. The van der Waals surface area contributed by atoms with Crippen LogP contribution < -0.4 is 5.32 Å². The number of rotatable bonds is 5. The first-order valence-electron chi connectivity index (χ1n) is 8.97.